The molecule has 0 bridgehead atoms. The van der Waals surface area contributed by atoms with Gasteiger partial charge in [0.05, 0.1) is 5.69 Å². The van der Waals surface area contributed by atoms with Crippen LogP contribution in [0, 0.1) is 5.41 Å². The molecule has 0 aliphatic heterocycles. The van der Waals surface area contributed by atoms with Gasteiger partial charge in [0.1, 0.15) is 0 Å². The number of nitrogens with two attached hydrogens (primary N) is 1. The zero-order chi connectivity index (χ0) is 13.9. The van der Waals surface area contributed by atoms with Gasteiger partial charge in [0.25, 0.3) is 0 Å². The highest BCUT2D eigenvalue weighted by molar-refractivity contribution is 5.07. The molecule has 3 nitrogen and oxygen atoms in total. The maximum absolute atomic E-state index is 6.16. The Morgan fingerprint density at radius 1 is 1.32 bits per heavy atom. The van der Waals surface area contributed by atoms with Crippen LogP contribution in [0.25, 0.3) is 0 Å². The first-order valence-corrected chi connectivity index (χ1v) is 7.36. The van der Waals surface area contributed by atoms with E-state index in [-0.39, 0.29) is 5.54 Å². The first-order valence-electron chi connectivity index (χ1n) is 7.36. The molecule has 1 aromatic rings. The van der Waals surface area contributed by atoms with E-state index in [0.29, 0.717) is 5.41 Å². The Kier molecular flexibility index (Phi) is 4.26. The Morgan fingerprint density at radius 2 is 2.11 bits per heavy atom. The molecule has 19 heavy (non-hydrogen) atoms. The summed E-state index contributed by atoms with van der Waals surface area (Å²) >= 11 is 0. The molecular weight excluding hydrogens is 234 g/mol. The van der Waals surface area contributed by atoms with Crippen molar-refractivity contribution in [3.63, 3.8) is 0 Å². The molecule has 0 radical (unpaired) electrons. The Hall–Kier alpha value is -0.930. The first kappa shape index (κ1) is 14.5. The van der Waals surface area contributed by atoms with Gasteiger partial charge >= 0.3 is 0 Å². The molecule has 1 atom stereocenters. The van der Waals surface area contributed by atoms with E-state index in [2.05, 4.69) is 42.8 Å². The molecular formula is C16H27N3. The summed E-state index contributed by atoms with van der Waals surface area (Å²) in [6.45, 7) is 9.63. The minimum absolute atomic E-state index is 0.162. The summed E-state index contributed by atoms with van der Waals surface area (Å²) < 4.78 is 0. The van der Waals surface area contributed by atoms with E-state index in [0.717, 1.165) is 25.3 Å². The third-order valence-corrected chi connectivity index (χ3v) is 4.59. The zero-order valence-corrected chi connectivity index (χ0v) is 12.5. The Balaban J connectivity index is 2.16. The summed E-state index contributed by atoms with van der Waals surface area (Å²) in [5.74, 6) is 0. The van der Waals surface area contributed by atoms with Gasteiger partial charge in [-0.1, -0.05) is 26.8 Å². The molecule has 1 fully saturated rings. The summed E-state index contributed by atoms with van der Waals surface area (Å²) in [6.07, 6.45) is 5.54. The molecule has 0 spiro atoms. The number of rotatable bonds is 5. The fourth-order valence-corrected chi connectivity index (χ4v) is 3.51. The second-order valence-electron chi connectivity index (χ2n) is 6.60. The minimum Gasteiger partial charge on any atom is -0.329 e. The summed E-state index contributed by atoms with van der Waals surface area (Å²) in [5, 5.41) is 0. The number of hydrogen-bond acceptors (Lipinski definition) is 3. The van der Waals surface area contributed by atoms with Crippen molar-refractivity contribution < 1.29 is 0 Å². The highest BCUT2D eigenvalue weighted by Crippen LogP contribution is 2.46. The van der Waals surface area contributed by atoms with E-state index in [9.17, 15) is 0 Å². The number of pyridine rings is 1. The molecule has 0 amide bonds. The smallest absolute Gasteiger partial charge is 0.0544 e. The predicted molar refractivity (Wildman–Crippen MR) is 79.7 cm³/mol. The minimum atomic E-state index is 0.162. The first-order chi connectivity index (χ1) is 9.01. The molecule has 106 valence electrons. The van der Waals surface area contributed by atoms with Crippen LogP contribution < -0.4 is 5.73 Å². The van der Waals surface area contributed by atoms with Gasteiger partial charge in [0.2, 0.25) is 0 Å². The van der Waals surface area contributed by atoms with Crippen LogP contribution in [0.1, 0.15) is 45.7 Å². The molecule has 2 N–H and O–H groups in total. The summed E-state index contributed by atoms with van der Waals surface area (Å²) in [5.41, 5.74) is 7.87. The second-order valence-corrected chi connectivity index (χ2v) is 6.60. The Morgan fingerprint density at radius 3 is 2.58 bits per heavy atom. The van der Waals surface area contributed by atoms with Crippen molar-refractivity contribution in [1.82, 2.24) is 9.88 Å². The highest BCUT2D eigenvalue weighted by atomic mass is 15.2. The van der Waals surface area contributed by atoms with Crippen LogP contribution in [0.3, 0.4) is 0 Å². The molecule has 1 heterocycles. The van der Waals surface area contributed by atoms with Crippen molar-refractivity contribution in [2.24, 2.45) is 11.1 Å². The predicted octanol–water partition coefficient (Wildman–Crippen LogP) is 2.81. The molecule has 1 aliphatic carbocycles. The van der Waals surface area contributed by atoms with Crippen LogP contribution in [-0.4, -0.2) is 28.5 Å². The highest BCUT2D eigenvalue weighted by Gasteiger charge is 2.45. The van der Waals surface area contributed by atoms with E-state index in [1.54, 1.807) is 0 Å². The number of likely N-dealkylation sites (N-methyl/N-ethyl adjacent to an activating group) is 1. The van der Waals surface area contributed by atoms with E-state index in [1.807, 2.05) is 12.3 Å². The van der Waals surface area contributed by atoms with Gasteiger partial charge < -0.3 is 5.73 Å². The lowest BCUT2D eigenvalue weighted by molar-refractivity contribution is 0.0852. The summed E-state index contributed by atoms with van der Waals surface area (Å²) in [4.78, 5) is 6.99. The van der Waals surface area contributed by atoms with Gasteiger partial charge in [0, 0.05) is 24.8 Å². The molecule has 1 saturated carbocycles. The standard InChI is InChI=1S/C16H27N3/c1-4-19(11-14-7-5-6-10-18-14)16(13-17)9-8-15(2,3)12-16/h5-7,10H,4,8-9,11-13,17H2,1-3H3. The Bertz CT molecular complexity index is 402. The van der Waals surface area contributed by atoms with Crippen LogP contribution in [0.5, 0.6) is 0 Å². The Labute approximate surface area is 117 Å². The van der Waals surface area contributed by atoms with Crippen molar-refractivity contribution in [3.8, 4) is 0 Å². The number of nitrogens with zero attached hydrogens (tertiary/aromatic N) is 2. The normalized spacial score (nSPS) is 25.9. The quantitative estimate of drug-likeness (QED) is 0.886. The van der Waals surface area contributed by atoms with Gasteiger partial charge in [-0.2, -0.15) is 0 Å². The van der Waals surface area contributed by atoms with Crippen molar-refractivity contribution in [1.29, 1.82) is 0 Å². The van der Waals surface area contributed by atoms with Crippen LogP contribution in [0.4, 0.5) is 0 Å². The average molecular weight is 261 g/mol. The van der Waals surface area contributed by atoms with Crippen molar-refractivity contribution >= 4 is 0 Å². The fourth-order valence-electron chi connectivity index (χ4n) is 3.51. The molecule has 1 aromatic heterocycles. The lowest BCUT2D eigenvalue weighted by atomic mass is 9.86. The summed E-state index contributed by atoms with van der Waals surface area (Å²) in [7, 11) is 0. The van der Waals surface area contributed by atoms with Gasteiger partial charge in [-0.3, -0.25) is 9.88 Å². The molecule has 2 rings (SSSR count). The fraction of sp³-hybridized carbons (Fsp3) is 0.688. The zero-order valence-electron chi connectivity index (χ0n) is 12.5. The maximum atomic E-state index is 6.16. The lowest BCUT2D eigenvalue weighted by Gasteiger charge is -2.41. The number of aromatic nitrogens is 1. The van der Waals surface area contributed by atoms with Gasteiger partial charge in [-0.15, -0.1) is 0 Å². The van der Waals surface area contributed by atoms with E-state index in [4.69, 9.17) is 5.73 Å². The third-order valence-electron chi connectivity index (χ3n) is 4.59. The van der Waals surface area contributed by atoms with Crippen LogP contribution in [0.2, 0.25) is 0 Å². The summed E-state index contributed by atoms with van der Waals surface area (Å²) in [6, 6.07) is 6.13. The van der Waals surface area contributed by atoms with E-state index < -0.39 is 0 Å². The third kappa shape index (κ3) is 3.15. The van der Waals surface area contributed by atoms with Crippen molar-refractivity contribution in [2.75, 3.05) is 13.1 Å². The second kappa shape index (κ2) is 5.59. The maximum Gasteiger partial charge on any atom is 0.0544 e. The van der Waals surface area contributed by atoms with Crippen LogP contribution >= 0.6 is 0 Å². The molecule has 1 aliphatic rings. The van der Waals surface area contributed by atoms with Crippen molar-refractivity contribution in [2.45, 2.75) is 52.1 Å². The largest absolute Gasteiger partial charge is 0.329 e. The van der Waals surface area contributed by atoms with Crippen LogP contribution in [0.15, 0.2) is 24.4 Å². The van der Waals surface area contributed by atoms with Crippen molar-refractivity contribution in [3.05, 3.63) is 30.1 Å². The molecule has 3 heteroatoms. The SMILES string of the molecule is CCN(Cc1ccccn1)C1(CN)CCC(C)(C)C1. The topological polar surface area (TPSA) is 42.2 Å². The number of hydrogen-bond donors (Lipinski definition) is 1. The van der Waals surface area contributed by atoms with Gasteiger partial charge in [0.15, 0.2) is 0 Å². The van der Waals surface area contributed by atoms with Gasteiger partial charge in [-0.05, 0) is 43.4 Å². The monoisotopic (exact) mass is 261 g/mol. The van der Waals surface area contributed by atoms with E-state index in [1.165, 1.54) is 19.3 Å². The molecule has 0 saturated heterocycles. The molecule has 1 unspecified atom stereocenters. The molecule has 0 aromatic carbocycles. The lowest BCUT2D eigenvalue weighted by Crippen LogP contribution is -2.52. The van der Waals surface area contributed by atoms with E-state index >= 15 is 0 Å². The average Bonchev–Trinajstić information content (AvgIpc) is 2.74. The van der Waals surface area contributed by atoms with Gasteiger partial charge in [-0.25, -0.2) is 0 Å². The van der Waals surface area contributed by atoms with Crippen LogP contribution in [-0.2, 0) is 6.54 Å².